The Morgan fingerprint density at radius 3 is 3.08 bits per heavy atom. The molecule has 0 amide bonds. The lowest BCUT2D eigenvalue weighted by molar-refractivity contribution is 0.659. The van der Waals surface area contributed by atoms with Gasteiger partial charge in [-0.15, -0.1) is 0 Å². The lowest BCUT2D eigenvalue weighted by Crippen LogP contribution is -2.19. The van der Waals surface area contributed by atoms with Crippen molar-refractivity contribution >= 4 is 5.82 Å². The fraction of sp³-hybridized carbons (Fsp3) is 0.556. The molecule has 1 aliphatic rings. The SMILES string of the molecule is C[C@@H]1CCN(c2ccncn2)C1. The summed E-state index contributed by atoms with van der Waals surface area (Å²) < 4.78 is 0. The normalized spacial score (nSPS) is 23.1. The van der Waals surface area contributed by atoms with Crippen LogP contribution in [0.2, 0.25) is 0 Å². The Balaban J connectivity index is 2.11. The van der Waals surface area contributed by atoms with Gasteiger partial charge >= 0.3 is 0 Å². The van der Waals surface area contributed by atoms with E-state index in [-0.39, 0.29) is 0 Å². The summed E-state index contributed by atoms with van der Waals surface area (Å²) in [6, 6.07) is 1.97. The highest BCUT2D eigenvalue weighted by atomic mass is 15.2. The van der Waals surface area contributed by atoms with Crippen LogP contribution in [-0.4, -0.2) is 23.1 Å². The summed E-state index contributed by atoms with van der Waals surface area (Å²) in [6.07, 6.45) is 4.69. The van der Waals surface area contributed by atoms with Crippen molar-refractivity contribution in [1.82, 2.24) is 9.97 Å². The molecule has 0 unspecified atom stereocenters. The standard InChI is InChI=1S/C9H13N3/c1-8-3-5-12(6-8)9-2-4-10-7-11-9/h2,4,7-8H,3,5-6H2,1H3/t8-/m1/s1. The van der Waals surface area contributed by atoms with Crippen molar-refractivity contribution in [2.24, 2.45) is 5.92 Å². The van der Waals surface area contributed by atoms with Gasteiger partial charge in [0.2, 0.25) is 0 Å². The zero-order valence-electron chi connectivity index (χ0n) is 7.27. The highest BCUT2D eigenvalue weighted by Crippen LogP contribution is 2.20. The van der Waals surface area contributed by atoms with Gasteiger partial charge < -0.3 is 4.90 Å². The van der Waals surface area contributed by atoms with Gasteiger partial charge in [-0.3, -0.25) is 0 Å². The minimum Gasteiger partial charge on any atom is -0.356 e. The second-order valence-electron chi connectivity index (χ2n) is 3.41. The van der Waals surface area contributed by atoms with Gasteiger partial charge in [-0.25, -0.2) is 9.97 Å². The summed E-state index contributed by atoms with van der Waals surface area (Å²) in [5, 5.41) is 0. The van der Waals surface area contributed by atoms with Crippen LogP contribution in [0.4, 0.5) is 5.82 Å². The molecule has 64 valence electrons. The first-order chi connectivity index (χ1) is 5.86. The molecule has 3 nitrogen and oxygen atoms in total. The number of aromatic nitrogens is 2. The topological polar surface area (TPSA) is 29.0 Å². The maximum atomic E-state index is 4.21. The molecule has 1 fully saturated rings. The molecule has 0 aromatic carbocycles. The molecule has 0 spiro atoms. The van der Waals surface area contributed by atoms with E-state index in [1.165, 1.54) is 6.42 Å². The van der Waals surface area contributed by atoms with Gasteiger partial charge in [0.25, 0.3) is 0 Å². The molecule has 0 radical (unpaired) electrons. The molecule has 0 N–H and O–H groups in total. The number of rotatable bonds is 1. The molecule has 1 aromatic rings. The highest BCUT2D eigenvalue weighted by Gasteiger charge is 2.19. The Morgan fingerprint density at radius 1 is 1.58 bits per heavy atom. The first-order valence-electron chi connectivity index (χ1n) is 4.37. The second-order valence-corrected chi connectivity index (χ2v) is 3.41. The molecule has 3 heteroatoms. The third-order valence-electron chi connectivity index (χ3n) is 2.31. The monoisotopic (exact) mass is 163 g/mol. The summed E-state index contributed by atoms with van der Waals surface area (Å²) in [6.45, 7) is 4.55. The lowest BCUT2D eigenvalue weighted by Gasteiger charge is -2.15. The van der Waals surface area contributed by atoms with Crippen molar-refractivity contribution in [3.63, 3.8) is 0 Å². The Labute approximate surface area is 72.4 Å². The molecule has 1 saturated heterocycles. The molecule has 0 bridgehead atoms. The van der Waals surface area contributed by atoms with E-state index in [4.69, 9.17) is 0 Å². The number of hydrogen-bond acceptors (Lipinski definition) is 3. The average molecular weight is 163 g/mol. The van der Waals surface area contributed by atoms with Crippen LogP contribution in [-0.2, 0) is 0 Å². The number of nitrogens with zero attached hydrogens (tertiary/aromatic N) is 3. The number of hydrogen-bond donors (Lipinski definition) is 0. The molecule has 12 heavy (non-hydrogen) atoms. The van der Waals surface area contributed by atoms with Crippen molar-refractivity contribution in [1.29, 1.82) is 0 Å². The van der Waals surface area contributed by atoms with Crippen molar-refractivity contribution in [2.45, 2.75) is 13.3 Å². The quantitative estimate of drug-likeness (QED) is 0.625. The van der Waals surface area contributed by atoms with E-state index in [0.717, 1.165) is 24.8 Å². The van der Waals surface area contributed by atoms with Gasteiger partial charge in [-0.2, -0.15) is 0 Å². The molecule has 1 atom stereocenters. The van der Waals surface area contributed by atoms with Crippen LogP contribution in [0.1, 0.15) is 13.3 Å². The summed E-state index contributed by atoms with van der Waals surface area (Å²) in [7, 11) is 0. The fourth-order valence-corrected chi connectivity index (χ4v) is 1.61. The minimum absolute atomic E-state index is 0.806. The highest BCUT2D eigenvalue weighted by molar-refractivity contribution is 5.37. The smallest absolute Gasteiger partial charge is 0.131 e. The van der Waals surface area contributed by atoms with Gasteiger partial charge in [-0.1, -0.05) is 6.92 Å². The maximum absolute atomic E-state index is 4.21. The minimum atomic E-state index is 0.806. The van der Waals surface area contributed by atoms with Gasteiger partial charge in [0.1, 0.15) is 12.1 Å². The zero-order chi connectivity index (χ0) is 8.39. The van der Waals surface area contributed by atoms with Crippen LogP contribution >= 0.6 is 0 Å². The van der Waals surface area contributed by atoms with E-state index in [0.29, 0.717) is 0 Å². The fourth-order valence-electron chi connectivity index (χ4n) is 1.61. The summed E-state index contributed by atoms with van der Waals surface area (Å²) in [4.78, 5) is 10.4. The van der Waals surface area contributed by atoms with E-state index in [1.807, 2.05) is 6.07 Å². The Kier molecular flexibility index (Phi) is 1.94. The molecule has 1 aliphatic heterocycles. The number of anilines is 1. The van der Waals surface area contributed by atoms with Gasteiger partial charge in [0.05, 0.1) is 0 Å². The molecule has 0 aliphatic carbocycles. The lowest BCUT2D eigenvalue weighted by atomic mass is 10.2. The largest absolute Gasteiger partial charge is 0.356 e. The van der Waals surface area contributed by atoms with E-state index in [1.54, 1.807) is 12.5 Å². The van der Waals surface area contributed by atoms with Crippen LogP contribution in [0.5, 0.6) is 0 Å². The summed E-state index contributed by atoms with van der Waals surface area (Å²) in [5.41, 5.74) is 0. The van der Waals surface area contributed by atoms with Crippen molar-refractivity contribution < 1.29 is 0 Å². The van der Waals surface area contributed by atoms with Crippen LogP contribution in [0.25, 0.3) is 0 Å². The summed E-state index contributed by atoms with van der Waals surface area (Å²) >= 11 is 0. The van der Waals surface area contributed by atoms with E-state index >= 15 is 0 Å². The molecular weight excluding hydrogens is 150 g/mol. The average Bonchev–Trinajstić information content (AvgIpc) is 2.54. The third kappa shape index (κ3) is 1.40. The first-order valence-corrected chi connectivity index (χ1v) is 4.37. The zero-order valence-corrected chi connectivity index (χ0v) is 7.27. The van der Waals surface area contributed by atoms with Crippen LogP contribution < -0.4 is 4.90 Å². The van der Waals surface area contributed by atoms with Gasteiger partial charge in [0, 0.05) is 19.3 Å². The predicted octanol–water partition coefficient (Wildman–Crippen LogP) is 1.32. The Bertz CT molecular complexity index is 247. The van der Waals surface area contributed by atoms with E-state index < -0.39 is 0 Å². The summed E-state index contributed by atoms with van der Waals surface area (Å²) in [5.74, 6) is 1.87. The van der Waals surface area contributed by atoms with Crippen LogP contribution in [0.15, 0.2) is 18.6 Å². The molecule has 2 rings (SSSR count). The maximum Gasteiger partial charge on any atom is 0.131 e. The Morgan fingerprint density at radius 2 is 2.50 bits per heavy atom. The van der Waals surface area contributed by atoms with Gasteiger partial charge in [-0.05, 0) is 18.4 Å². The Hall–Kier alpha value is -1.12. The van der Waals surface area contributed by atoms with Gasteiger partial charge in [0.15, 0.2) is 0 Å². The molecule has 0 saturated carbocycles. The molecule has 2 heterocycles. The van der Waals surface area contributed by atoms with Crippen molar-refractivity contribution in [3.05, 3.63) is 18.6 Å². The van der Waals surface area contributed by atoms with Crippen molar-refractivity contribution in [3.8, 4) is 0 Å². The van der Waals surface area contributed by atoms with Crippen LogP contribution in [0, 0.1) is 5.92 Å². The van der Waals surface area contributed by atoms with E-state index in [2.05, 4.69) is 21.8 Å². The third-order valence-corrected chi connectivity index (χ3v) is 2.31. The molecule has 1 aromatic heterocycles. The van der Waals surface area contributed by atoms with Crippen molar-refractivity contribution in [2.75, 3.05) is 18.0 Å². The second kappa shape index (κ2) is 3.09. The van der Waals surface area contributed by atoms with Crippen LogP contribution in [0.3, 0.4) is 0 Å². The first kappa shape index (κ1) is 7.53. The molecular formula is C9H13N3. The van der Waals surface area contributed by atoms with E-state index in [9.17, 15) is 0 Å². The predicted molar refractivity (Wildman–Crippen MR) is 48.0 cm³/mol.